The number of hydrogen-bond donors (Lipinski definition) is 0. The molecule has 114 valence electrons. The molecule has 0 radical (unpaired) electrons. The highest BCUT2D eigenvalue weighted by Gasteiger charge is 2.27. The van der Waals surface area contributed by atoms with Crippen molar-refractivity contribution in [3.63, 3.8) is 0 Å². The van der Waals surface area contributed by atoms with Gasteiger partial charge in [0.25, 0.3) is 0 Å². The molecule has 0 aliphatic carbocycles. The van der Waals surface area contributed by atoms with E-state index in [1.807, 2.05) is 13.8 Å². The van der Waals surface area contributed by atoms with Crippen LogP contribution in [-0.2, 0) is 15.1 Å². The second kappa shape index (κ2) is 5.64. The maximum absolute atomic E-state index is 6.07. The molecular formula is C13H17ClN4O2S. The van der Waals surface area contributed by atoms with E-state index in [0.717, 1.165) is 34.3 Å². The number of fused-ring (bicyclic) bond motifs is 1. The number of ether oxygens (including phenoxy) is 2. The van der Waals surface area contributed by atoms with Gasteiger partial charge in [-0.25, -0.2) is 9.97 Å². The highest BCUT2D eigenvalue weighted by Crippen LogP contribution is 2.35. The first-order chi connectivity index (χ1) is 10.0. The quantitative estimate of drug-likeness (QED) is 0.807. The first-order valence-corrected chi connectivity index (χ1v) is 7.93. The largest absolute Gasteiger partial charge is 0.378 e. The number of hydrogen-bond acceptors (Lipinski definition) is 7. The lowest BCUT2D eigenvalue weighted by atomic mass is 10.1. The highest BCUT2D eigenvalue weighted by atomic mass is 35.5. The summed E-state index contributed by atoms with van der Waals surface area (Å²) in [6, 6.07) is 0. The molecule has 0 aromatic carbocycles. The molecule has 1 aliphatic rings. The number of morpholine rings is 1. The number of anilines is 1. The summed E-state index contributed by atoms with van der Waals surface area (Å²) in [6.45, 7) is 6.89. The van der Waals surface area contributed by atoms with E-state index in [-0.39, 0.29) is 5.28 Å². The number of thiazole rings is 1. The predicted octanol–water partition coefficient (Wildman–Crippen LogP) is 2.46. The van der Waals surface area contributed by atoms with Crippen LogP contribution < -0.4 is 4.90 Å². The van der Waals surface area contributed by atoms with Gasteiger partial charge >= 0.3 is 0 Å². The summed E-state index contributed by atoms with van der Waals surface area (Å²) in [5.74, 6) is 0.780. The minimum absolute atomic E-state index is 0.245. The number of halogens is 1. The maximum atomic E-state index is 6.07. The van der Waals surface area contributed by atoms with Crippen LogP contribution in [0.25, 0.3) is 10.3 Å². The van der Waals surface area contributed by atoms with Gasteiger partial charge in [-0.3, -0.25) is 0 Å². The summed E-state index contributed by atoms with van der Waals surface area (Å²) >= 11 is 7.56. The Hall–Kier alpha value is -1.02. The smallest absolute Gasteiger partial charge is 0.225 e. The topological polar surface area (TPSA) is 60.4 Å². The van der Waals surface area contributed by atoms with E-state index in [1.54, 1.807) is 7.11 Å². The third-order valence-electron chi connectivity index (χ3n) is 3.55. The number of aromatic nitrogens is 3. The summed E-state index contributed by atoms with van der Waals surface area (Å²) in [4.78, 5) is 16.3. The lowest BCUT2D eigenvalue weighted by Crippen LogP contribution is -2.37. The number of nitrogens with zero attached hydrogens (tertiary/aromatic N) is 4. The summed E-state index contributed by atoms with van der Waals surface area (Å²) in [6.07, 6.45) is 0. The minimum atomic E-state index is -0.458. The van der Waals surface area contributed by atoms with Crippen molar-refractivity contribution in [2.75, 3.05) is 38.3 Å². The van der Waals surface area contributed by atoms with Gasteiger partial charge in [0.2, 0.25) is 5.28 Å². The number of methoxy groups -OCH3 is 1. The van der Waals surface area contributed by atoms with E-state index >= 15 is 0 Å². The van der Waals surface area contributed by atoms with Crippen molar-refractivity contribution in [1.29, 1.82) is 0 Å². The molecule has 0 atom stereocenters. The summed E-state index contributed by atoms with van der Waals surface area (Å²) in [5, 5.41) is 1.11. The van der Waals surface area contributed by atoms with Gasteiger partial charge in [-0.15, -0.1) is 0 Å². The molecule has 3 rings (SSSR count). The van der Waals surface area contributed by atoms with Gasteiger partial charge in [-0.05, 0) is 25.4 Å². The Bertz CT molecular complexity index is 655. The molecule has 0 amide bonds. The Labute approximate surface area is 132 Å². The SMILES string of the molecule is COC(C)(C)c1nc2c(N3CCOCC3)nc(Cl)nc2s1. The molecule has 1 fully saturated rings. The molecule has 0 spiro atoms. The lowest BCUT2D eigenvalue weighted by molar-refractivity contribution is 0.0192. The first kappa shape index (κ1) is 14.9. The van der Waals surface area contributed by atoms with Crippen molar-refractivity contribution < 1.29 is 9.47 Å². The second-order valence-corrected chi connectivity index (χ2v) is 6.62. The molecule has 0 unspecified atom stereocenters. The first-order valence-electron chi connectivity index (χ1n) is 6.73. The standard InChI is InChI=1S/C13H17ClN4O2S/c1-13(2,19-3)11-15-8-9(18-4-6-20-7-5-18)16-12(14)17-10(8)21-11/h4-7H2,1-3H3. The Morgan fingerprint density at radius 2 is 1.95 bits per heavy atom. The molecule has 6 nitrogen and oxygen atoms in total. The summed E-state index contributed by atoms with van der Waals surface area (Å²) < 4.78 is 10.9. The Kier molecular flexibility index (Phi) is 4.00. The maximum Gasteiger partial charge on any atom is 0.225 e. The van der Waals surface area contributed by atoms with Gasteiger partial charge in [0.15, 0.2) is 10.6 Å². The van der Waals surface area contributed by atoms with Crippen LogP contribution in [0.5, 0.6) is 0 Å². The third-order valence-corrected chi connectivity index (χ3v) is 4.97. The zero-order valence-corrected chi connectivity index (χ0v) is 13.8. The average molecular weight is 329 g/mol. The van der Waals surface area contributed by atoms with E-state index in [1.165, 1.54) is 11.3 Å². The van der Waals surface area contributed by atoms with Crippen LogP contribution in [0.1, 0.15) is 18.9 Å². The van der Waals surface area contributed by atoms with Gasteiger partial charge in [-0.2, -0.15) is 4.98 Å². The Morgan fingerprint density at radius 1 is 1.24 bits per heavy atom. The van der Waals surface area contributed by atoms with E-state index in [9.17, 15) is 0 Å². The molecule has 8 heteroatoms. The van der Waals surface area contributed by atoms with Gasteiger partial charge < -0.3 is 14.4 Å². The normalized spacial score (nSPS) is 16.7. The van der Waals surface area contributed by atoms with E-state index in [4.69, 9.17) is 26.1 Å². The van der Waals surface area contributed by atoms with Crippen LogP contribution >= 0.6 is 22.9 Å². The monoisotopic (exact) mass is 328 g/mol. The molecular weight excluding hydrogens is 312 g/mol. The predicted molar refractivity (Wildman–Crippen MR) is 83.3 cm³/mol. The molecule has 2 aromatic rings. The lowest BCUT2D eigenvalue weighted by Gasteiger charge is -2.27. The number of rotatable bonds is 3. The van der Waals surface area contributed by atoms with Crippen LogP contribution in [0, 0.1) is 0 Å². The molecule has 0 N–H and O–H groups in total. The molecule has 3 heterocycles. The molecule has 0 bridgehead atoms. The van der Waals surface area contributed by atoms with E-state index in [2.05, 4.69) is 14.9 Å². The Balaban J connectivity index is 2.11. The minimum Gasteiger partial charge on any atom is -0.378 e. The van der Waals surface area contributed by atoms with Crippen molar-refractivity contribution in [3.8, 4) is 0 Å². The molecule has 1 saturated heterocycles. The Morgan fingerprint density at radius 3 is 2.62 bits per heavy atom. The molecule has 21 heavy (non-hydrogen) atoms. The van der Waals surface area contributed by atoms with Crippen molar-refractivity contribution >= 4 is 39.1 Å². The van der Waals surface area contributed by atoms with Crippen molar-refractivity contribution in [3.05, 3.63) is 10.3 Å². The third kappa shape index (κ3) is 2.83. The zero-order chi connectivity index (χ0) is 15.0. The van der Waals surface area contributed by atoms with E-state index < -0.39 is 5.60 Å². The summed E-state index contributed by atoms with van der Waals surface area (Å²) in [5.41, 5.74) is 0.326. The van der Waals surface area contributed by atoms with Gasteiger partial charge in [0.1, 0.15) is 16.1 Å². The van der Waals surface area contributed by atoms with E-state index in [0.29, 0.717) is 13.2 Å². The van der Waals surface area contributed by atoms with Gasteiger partial charge in [0, 0.05) is 20.2 Å². The molecule has 0 saturated carbocycles. The van der Waals surface area contributed by atoms with Crippen LogP contribution in [0.4, 0.5) is 5.82 Å². The van der Waals surface area contributed by atoms with Gasteiger partial charge in [0.05, 0.1) is 13.2 Å². The van der Waals surface area contributed by atoms with Crippen molar-refractivity contribution in [2.45, 2.75) is 19.4 Å². The second-order valence-electron chi connectivity index (χ2n) is 5.30. The average Bonchev–Trinajstić information content (AvgIpc) is 2.92. The van der Waals surface area contributed by atoms with Gasteiger partial charge in [-0.1, -0.05) is 11.3 Å². The molecule has 2 aromatic heterocycles. The van der Waals surface area contributed by atoms with Crippen LogP contribution in [-0.4, -0.2) is 48.4 Å². The fraction of sp³-hybridized carbons (Fsp3) is 0.615. The fourth-order valence-electron chi connectivity index (χ4n) is 2.12. The fourth-order valence-corrected chi connectivity index (χ4v) is 3.35. The zero-order valence-electron chi connectivity index (χ0n) is 12.2. The molecule has 1 aliphatic heterocycles. The van der Waals surface area contributed by atoms with Crippen LogP contribution in [0.15, 0.2) is 0 Å². The van der Waals surface area contributed by atoms with Crippen molar-refractivity contribution in [2.24, 2.45) is 0 Å². The van der Waals surface area contributed by atoms with Crippen LogP contribution in [0.2, 0.25) is 5.28 Å². The van der Waals surface area contributed by atoms with Crippen LogP contribution in [0.3, 0.4) is 0 Å². The summed E-state index contributed by atoms with van der Waals surface area (Å²) in [7, 11) is 1.67. The van der Waals surface area contributed by atoms with Crippen molar-refractivity contribution in [1.82, 2.24) is 15.0 Å². The highest BCUT2D eigenvalue weighted by molar-refractivity contribution is 7.18.